The molecule has 1 atom stereocenters. The van der Waals surface area contributed by atoms with E-state index in [2.05, 4.69) is 0 Å². The number of nitrogens with one attached hydrogen (secondary N) is 1. The van der Waals surface area contributed by atoms with Gasteiger partial charge in [-0.15, -0.1) is 0 Å². The average Bonchev–Trinajstić information content (AvgIpc) is 2.49. The molecule has 0 unspecified atom stereocenters. The summed E-state index contributed by atoms with van der Waals surface area (Å²) in [6, 6.07) is 5.26. The van der Waals surface area contributed by atoms with E-state index in [1.54, 1.807) is 38.1 Å². The molecule has 8 heteroatoms. The van der Waals surface area contributed by atoms with Crippen molar-refractivity contribution in [3.63, 3.8) is 0 Å². The predicted octanol–water partition coefficient (Wildman–Crippen LogP) is 2.07. The summed E-state index contributed by atoms with van der Waals surface area (Å²) in [5, 5.41) is 2.37. The van der Waals surface area contributed by atoms with Crippen LogP contribution >= 0.6 is 11.6 Å². The van der Waals surface area contributed by atoms with Crippen LogP contribution in [0.4, 0.5) is 4.79 Å². The normalized spacial score (nSPS) is 11.7. The number of benzene rings is 1. The molecule has 0 fully saturated rings. The monoisotopic (exact) mass is 354 g/mol. The van der Waals surface area contributed by atoms with Gasteiger partial charge >= 0.3 is 12.0 Å². The summed E-state index contributed by atoms with van der Waals surface area (Å²) in [4.78, 5) is 46.3. The molecule has 24 heavy (non-hydrogen) atoms. The summed E-state index contributed by atoms with van der Waals surface area (Å²) in [7, 11) is 0. The Bertz CT molecular complexity index is 628. The number of carbonyl (C=O) groups excluding carboxylic acids is 4. The summed E-state index contributed by atoms with van der Waals surface area (Å²) < 4.78 is 5.05. The number of halogens is 1. The molecule has 0 heterocycles. The summed E-state index contributed by atoms with van der Waals surface area (Å²) in [5.41, 5.74) is 5.30. The summed E-state index contributed by atoms with van der Waals surface area (Å²) in [5.74, 6) is -2.11. The Balaban J connectivity index is 2.56. The molecular formula is C16H19ClN2O5. The molecule has 0 saturated heterocycles. The van der Waals surface area contributed by atoms with Gasteiger partial charge in [0.1, 0.15) is 0 Å². The summed E-state index contributed by atoms with van der Waals surface area (Å²) in [6.45, 7) is 3.30. The smallest absolute Gasteiger partial charge is 0.318 e. The fraction of sp³-hybridized carbons (Fsp3) is 0.375. The van der Waals surface area contributed by atoms with Gasteiger partial charge in [0.2, 0.25) is 0 Å². The number of rotatable bonds is 7. The number of carbonyl (C=O) groups is 4. The van der Waals surface area contributed by atoms with Crippen molar-refractivity contribution in [1.29, 1.82) is 0 Å². The molecule has 3 N–H and O–H groups in total. The van der Waals surface area contributed by atoms with E-state index >= 15 is 0 Å². The van der Waals surface area contributed by atoms with Crippen molar-refractivity contribution in [2.75, 3.05) is 0 Å². The Morgan fingerprint density at radius 2 is 1.71 bits per heavy atom. The number of Topliss-reactive ketones (excluding diaryl/α,β-unsaturated/α-hetero) is 1. The van der Waals surface area contributed by atoms with E-state index in [0.717, 1.165) is 0 Å². The van der Waals surface area contributed by atoms with Crippen LogP contribution in [-0.4, -0.2) is 29.8 Å². The first-order chi connectivity index (χ1) is 11.2. The van der Waals surface area contributed by atoms with E-state index in [1.165, 1.54) is 0 Å². The van der Waals surface area contributed by atoms with Crippen LogP contribution in [0.1, 0.15) is 37.0 Å². The first kappa shape index (κ1) is 19.6. The van der Waals surface area contributed by atoms with E-state index in [-0.39, 0.29) is 24.5 Å². The lowest BCUT2D eigenvalue weighted by Gasteiger charge is -2.19. The minimum atomic E-state index is -1.16. The van der Waals surface area contributed by atoms with Gasteiger partial charge in [0, 0.05) is 17.0 Å². The Morgan fingerprint density at radius 1 is 1.12 bits per heavy atom. The van der Waals surface area contributed by atoms with Crippen molar-refractivity contribution in [1.82, 2.24) is 5.32 Å². The fourth-order valence-corrected chi connectivity index (χ4v) is 2.01. The van der Waals surface area contributed by atoms with Crippen LogP contribution in [0.3, 0.4) is 0 Å². The van der Waals surface area contributed by atoms with Crippen molar-refractivity contribution in [3.8, 4) is 0 Å². The number of esters is 1. The number of ketones is 1. The zero-order valence-corrected chi connectivity index (χ0v) is 14.1. The molecule has 0 aliphatic carbocycles. The lowest BCUT2D eigenvalue weighted by Crippen LogP contribution is -2.45. The Labute approximate surface area is 144 Å². The van der Waals surface area contributed by atoms with Crippen molar-refractivity contribution in [2.45, 2.75) is 32.8 Å². The van der Waals surface area contributed by atoms with E-state index in [4.69, 9.17) is 22.1 Å². The predicted molar refractivity (Wildman–Crippen MR) is 87.5 cm³/mol. The van der Waals surface area contributed by atoms with Gasteiger partial charge in [-0.2, -0.15) is 0 Å². The zero-order chi connectivity index (χ0) is 18.3. The average molecular weight is 355 g/mol. The van der Waals surface area contributed by atoms with Gasteiger partial charge in [-0.25, -0.2) is 4.79 Å². The second-order valence-electron chi connectivity index (χ2n) is 5.44. The minimum absolute atomic E-state index is 0.0667. The van der Waals surface area contributed by atoms with Gasteiger partial charge in [-0.3, -0.25) is 19.7 Å². The highest BCUT2D eigenvalue weighted by molar-refractivity contribution is 6.30. The highest BCUT2D eigenvalue weighted by Gasteiger charge is 2.27. The van der Waals surface area contributed by atoms with E-state index in [9.17, 15) is 19.2 Å². The highest BCUT2D eigenvalue weighted by Crippen LogP contribution is 2.13. The number of hydrogen-bond acceptors (Lipinski definition) is 5. The van der Waals surface area contributed by atoms with Crippen molar-refractivity contribution in [2.24, 2.45) is 11.7 Å². The molecule has 1 rings (SSSR count). The molecule has 0 bridgehead atoms. The number of urea groups is 1. The van der Waals surface area contributed by atoms with Gasteiger partial charge in [0.15, 0.2) is 11.9 Å². The standard InChI is InChI=1S/C16H19ClN2O5/c1-9(2)14(15(22)19-16(18)23)24-13(21)8-7-12(20)10-3-5-11(17)6-4-10/h3-6,9,14H,7-8H2,1-2H3,(H3,18,19,22,23)/t14-/m0/s1. The molecule has 0 aromatic heterocycles. The van der Waals surface area contributed by atoms with Crippen LogP contribution in [0.5, 0.6) is 0 Å². The number of primary amides is 1. The lowest BCUT2D eigenvalue weighted by molar-refractivity contribution is -0.158. The van der Waals surface area contributed by atoms with Gasteiger partial charge in [-0.1, -0.05) is 25.4 Å². The molecule has 130 valence electrons. The van der Waals surface area contributed by atoms with Gasteiger partial charge in [-0.05, 0) is 30.2 Å². The first-order valence-corrected chi connectivity index (χ1v) is 7.67. The van der Waals surface area contributed by atoms with Crippen molar-refractivity contribution >= 4 is 35.3 Å². The van der Waals surface area contributed by atoms with Crippen LogP contribution in [0.2, 0.25) is 5.02 Å². The SMILES string of the molecule is CC(C)[C@H](OC(=O)CCC(=O)c1ccc(Cl)cc1)C(=O)NC(N)=O. The number of amides is 3. The molecule has 7 nitrogen and oxygen atoms in total. The third kappa shape index (κ3) is 6.37. The number of hydrogen-bond donors (Lipinski definition) is 2. The molecule has 1 aromatic carbocycles. The number of imide groups is 1. The maximum Gasteiger partial charge on any atom is 0.318 e. The van der Waals surface area contributed by atoms with Crippen LogP contribution in [-0.2, 0) is 14.3 Å². The topological polar surface area (TPSA) is 116 Å². The molecule has 0 spiro atoms. The lowest BCUT2D eigenvalue weighted by atomic mass is 10.1. The third-order valence-corrected chi connectivity index (χ3v) is 3.34. The first-order valence-electron chi connectivity index (χ1n) is 7.29. The maximum absolute atomic E-state index is 12.0. The van der Waals surface area contributed by atoms with Gasteiger partial charge in [0.25, 0.3) is 5.91 Å². The van der Waals surface area contributed by atoms with Crippen LogP contribution < -0.4 is 11.1 Å². The quantitative estimate of drug-likeness (QED) is 0.574. The Kier molecular flexibility index (Phi) is 7.38. The molecule has 0 radical (unpaired) electrons. The molecule has 0 saturated carbocycles. The summed E-state index contributed by atoms with van der Waals surface area (Å²) >= 11 is 5.74. The third-order valence-electron chi connectivity index (χ3n) is 3.09. The minimum Gasteiger partial charge on any atom is -0.452 e. The zero-order valence-electron chi connectivity index (χ0n) is 13.4. The second-order valence-corrected chi connectivity index (χ2v) is 5.87. The fourth-order valence-electron chi connectivity index (χ4n) is 1.88. The van der Waals surface area contributed by atoms with E-state index in [1.807, 2.05) is 5.32 Å². The van der Waals surface area contributed by atoms with E-state index < -0.39 is 24.0 Å². The van der Waals surface area contributed by atoms with Crippen LogP contribution in [0.25, 0.3) is 0 Å². The van der Waals surface area contributed by atoms with Crippen LogP contribution in [0.15, 0.2) is 24.3 Å². The molecule has 0 aliphatic rings. The Hall–Kier alpha value is -2.41. The van der Waals surface area contributed by atoms with Gasteiger partial charge < -0.3 is 10.5 Å². The number of ether oxygens (including phenoxy) is 1. The summed E-state index contributed by atoms with van der Waals surface area (Å²) in [6.07, 6.45) is -1.41. The molecule has 1 aromatic rings. The molecular weight excluding hydrogens is 336 g/mol. The highest BCUT2D eigenvalue weighted by atomic mass is 35.5. The second kappa shape index (κ2) is 9.02. The maximum atomic E-state index is 12.0. The number of nitrogens with two attached hydrogens (primary N) is 1. The van der Waals surface area contributed by atoms with Gasteiger partial charge in [0.05, 0.1) is 6.42 Å². The largest absolute Gasteiger partial charge is 0.452 e. The van der Waals surface area contributed by atoms with Crippen molar-refractivity contribution in [3.05, 3.63) is 34.9 Å². The Morgan fingerprint density at radius 3 is 2.21 bits per heavy atom. The van der Waals surface area contributed by atoms with Crippen molar-refractivity contribution < 1.29 is 23.9 Å². The molecule has 3 amide bonds. The van der Waals surface area contributed by atoms with Crippen LogP contribution in [0, 0.1) is 5.92 Å². The van der Waals surface area contributed by atoms with E-state index in [0.29, 0.717) is 10.6 Å². The molecule has 0 aliphatic heterocycles.